The average Bonchev–Trinajstić information content (AvgIpc) is 3.07. The third-order valence-corrected chi connectivity index (χ3v) is 5.93. The van der Waals surface area contributed by atoms with E-state index in [-0.39, 0.29) is 11.6 Å². The molecule has 2 N–H and O–H groups in total. The van der Waals surface area contributed by atoms with Crippen molar-refractivity contribution in [3.63, 3.8) is 0 Å². The van der Waals surface area contributed by atoms with Gasteiger partial charge in [-0.3, -0.25) is 9.36 Å². The first-order chi connectivity index (χ1) is 15.9. The Morgan fingerprint density at radius 3 is 2.39 bits per heavy atom. The van der Waals surface area contributed by atoms with Crippen molar-refractivity contribution in [1.82, 2.24) is 4.57 Å². The number of aromatic hydroxyl groups is 1. The number of amides is 1. The molecule has 0 atom stereocenters. The molecule has 1 amide bonds. The average molecular weight is 518 g/mol. The minimum Gasteiger partial charge on any atom is -0.493 e. The van der Waals surface area contributed by atoms with Gasteiger partial charge in [-0.05, 0) is 49.2 Å². The SMILES string of the molecule is CCC[NH+](CCC)Cn1c(O)c(N=NC(=O)c2ccc(OC)c(OC)c2)c2cc(Br)ccc21. The number of hydrogen-bond acceptors (Lipinski definition) is 5. The van der Waals surface area contributed by atoms with Gasteiger partial charge in [0.2, 0.25) is 5.88 Å². The fourth-order valence-electron chi connectivity index (χ4n) is 3.89. The van der Waals surface area contributed by atoms with Crippen LogP contribution in [-0.4, -0.2) is 42.9 Å². The van der Waals surface area contributed by atoms with Crippen molar-refractivity contribution in [3.8, 4) is 17.4 Å². The van der Waals surface area contributed by atoms with E-state index in [0.717, 1.165) is 41.3 Å². The monoisotopic (exact) mass is 517 g/mol. The molecule has 0 aliphatic rings. The standard InChI is InChI=1S/C24H29BrN4O4/c1-5-11-28(12-6-2)15-29-19-9-8-17(25)14-18(19)22(24(29)31)26-27-23(30)16-7-10-20(32-3)21(13-16)33-4/h7-10,13-14,31H,5-6,11-12,15H2,1-4H3/p+1. The molecule has 0 saturated carbocycles. The molecule has 9 heteroatoms. The molecule has 33 heavy (non-hydrogen) atoms. The lowest BCUT2D eigenvalue weighted by atomic mass is 10.2. The van der Waals surface area contributed by atoms with Crippen LogP contribution in [0.5, 0.6) is 17.4 Å². The highest BCUT2D eigenvalue weighted by atomic mass is 79.9. The zero-order chi connectivity index (χ0) is 24.0. The number of hydrogen-bond donors (Lipinski definition) is 2. The van der Waals surface area contributed by atoms with E-state index in [1.807, 2.05) is 22.8 Å². The van der Waals surface area contributed by atoms with Gasteiger partial charge in [-0.1, -0.05) is 29.8 Å². The predicted octanol–water partition coefficient (Wildman–Crippen LogP) is 4.71. The number of carbonyl (C=O) groups is 1. The van der Waals surface area contributed by atoms with Crippen LogP contribution < -0.4 is 14.4 Å². The van der Waals surface area contributed by atoms with Crippen molar-refractivity contribution in [2.24, 2.45) is 10.2 Å². The number of fused-ring (bicyclic) bond motifs is 1. The van der Waals surface area contributed by atoms with E-state index in [1.165, 1.54) is 19.1 Å². The molecule has 0 radical (unpaired) electrons. The van der Waals surface area contributed by atoms with Gasteiger partial charge < -0.3 is 19.5 Å². The molecular formula is C24H30BrN4O4+. The Bertz CT molecular complexity index is 1150. The Kier molecular flexibility index (Phi) is 8.46. The quantitative estimate of drug-likeness (QED) is 0.381. The third kappa shape index (κ3) is 5.54. The molecule has 0 aliphatic heterocycles. The zero-order valence-electron chi connectivity index (χ0n) is 19.4. The fraction of sp³-hybridized carbons (Fsp3) is 0.375. The summed E-state index contributed by atoms with van der Waals surface area (Å²) in [6, 6.07) is 10.5. The van der Waals surface area contributed by atoms with Gasteiger partial charge in [-0.2, -0.15) is 0 Å². The summed E-state index contributed by atoms with van der Waals surface area (Å²) < 4.78 is 13.2. The third-order valence-electron chi connectivity index (χ3n) is 5.43. The largest absolute Gasteiger partial charge is 0.493 e. The summed E-state index contributed by atoms with van der Waals surface area (Å²) >= 11 is 3.49. The van der Waals surface area contributed by atoms with Crippen molar-refractivity contribution in [1.29, 1.82) is 0 Å². The van der Waals surface area contributed by atoms with Crippen molar-refractivity contribution < 1.29 is 24.3 Å². The van der Waals surface area contributed by atoms with E-state index in [2.05, 4.69) is 40.0 Å². The van der Waals surface area contributed by atoms with E-state index in [9.17, 15) is 9.90 Å². The van der Waals surface area contributed by atoms with E-state index in [0.29, 0.717) is 23.7 Å². The van der Waals surface area contributed by atoms with Gasteiger partial charge in [0.05, 0.1) is 32.8 Å². The maximum Gasteiger partial charge on any atom is 0.295 e. The summed E-state index contributed by atoms with van der Waals surface area (Å²) in [5.74, 6) is 0.395. The number of nitrogens with zero attached hydrogens (tertiary/aromatic N) is 3. The fourth-order valence-corrected chi connectivity index (χ4v) is 4.25. The summed E-state index contributed by atoms with van der Waals surface area (Å²) in [4.78, 5) is 14.1. The van der Waals surface area contributed by atoms with Crippen molar-refractivity contribution in [3.05, 3.63) is 46.4 Å². The number of benzene rings is 2. The van der Waals surface area contributed by atoms with Crippen LogP contribution in [-0.2, 0) is 6.67 Å². The van der Waals surface area contributed by atoms with Gasteiger partial charge in [-0.25, -0.2) is 0 Å². The van der Waals surface area contributed by atoms with Crippen LogP contribution in [0.25, 0.3) is 10.9 Å². The number of rotatable bonds is 10. The van der Waals surface area contributed by atoms with E-state index >= 15 is 0 Å². The Morgan fingerprint density at radius 2 is 1.76 bits per heavy atom. The zero-order valence-corrected chi connectivity index (χ0v) is 21.0. The molecule has 0 fully saturated rings. The number of nitrogens with one attached hydrogen (secondary N) is 1. The number of quaternary nitrogens is 1. The van der Waals surface area contributed by atoms with Crippen LogP contribution in [0.15, 0.2) is 51.1 Å². The molecule has 3 aromatic rings. The number of aromatic nitrogens is 1. The Hall–Kier alpha value is -2.91. The Labute approximate surface area is 201 Å². The number of ether oxygens (including phenoxy) is 2. The molecule has 0 unspecified atom stereocenters. The molecule has 0 aliphatic carbocycles. The Balaban J connectivity index is 1.99. The van der Waals surface area contributed by atoms with Gasteiger partial charge >= 0.3 is 0 Å². The van der Waals surface area contributed by atoms with Crippen LogP contribution >= 0.6 is 15.9 Å². The number of halogens is 1. The number of azo groups is 1. The first kappa shape index (κ1) is 24.7. The summed E-state index contributed by atoms with van der Waals surface area (Å²) in [7, 11) is 3.03. The molecule has 2 aromatic carbocycles. The molecule has 0 bridgehead atoms. The molecule has 0 spiro atoms. The lowest BCUT2D eigenvalue weighted by molar-refractivity contribution is -0.922. The molecule has 3 rings (SSSR count). The molecule has 8 nitrogen and oxygen atoms in total. The van der Waals surface area contributed by atoms with Gasteiger partial charge in [0.25, 0.3) is 5.91 Å². The minimum absolute atomic E-state index is 0.00309. The Morgan fingerprint density at radius 1 is 1.06 bits per heavy atom. The highest BCUT2D eigenvalue weighted by molar-refractivity contribution is 9.10. The van der Waals surface area contributed by atoms with Crippen LogP contribution in [0.4, 0.5) is 5.69 Å². The lowest BCUT2D eigenvalue weighted by Crippen LogP contribution is -3.11. The molecule has 0 saturated heterocycles. The molecule has 1 aromatic heterocycles. The normalized spacial score (nSPS) is 11.6. The highest BCUT2D eigenvalue weighted by Gasteiger charge is 2.21. The minimum atomic E-state index is -0.546. The number of carbonyl (C=O) groups excluding carboxylic acids is 1. The second-order valence-electron chi connectivity index (χ2n) is 7.74. The molecular weight excluding hydrogens is 488 g/mol. The number of methoxy groups -OCH3 is 2. The van der Waals surface area contributed by atoms with Gasteiger partial charge in [0.15, 0.2) is 23.9 Å². The van der Waals surface area contributed by atoms with E-state index < -0.39 is 5.91 Å². The first-order valence-corrected chi connectivity index (χ1v) is 11.7. The van der Waals surface area contributed by atoms with Crippen LogP contribution in [0, 0.1) is 0 Å². The first-order valence-electron chi connectivity index (χ1n) is 11.0. The van der Waals surface area contributed by atoms with E-state index in [4.69, 9.17) is 9.47 Å². The van der Waals surface area contributed by atoms with Crippen LogP contribution in [0.3, 0.4) is 0 Å². The summed E-state index contributed by atoms with van der Waals surface area (Å²) in [6.45, 7) is 6.90. The van der Waals surface area contributed by atoms with Crippen molar-refractivity contribution in [2.75, 3.05) is 27.3 Å². The summed E-state index contributed by atoms with van der Waals surface area (Å²) in [6.07, 6.45) is 2.10. The van der Waals surface area contributed by atoms with Gasteiger partial charge in [0.1, 0.15) is 0 Å². The highest BCUT2D eigenvalue weighted by Crippen LogP contribution is 2.40. The molecule has 176 valence electrons. The van der Waals surface area contributed by atoms with Gasteiger partial charge in [-0.15, -0.1) is 10.2 Å². The van der Waals surface area contributed by atoms with Crippen molar-refractivity contribution >= 4 is 38.4 Å². The molecule has 1 heterocycles. The lowest BCUT2D eigenvalue weighted by Gasteiger charge is -2.19. The van der Waals surface area contributed by atoms with Crippen molar-refractivity contribution in [2.45, 2.75) is 33.4 Å². The summed E-state index contributed by atoms with van der Waals surface area (Å²) in [5, 5.41) is 19.8. The smallest absolute Gasteiger partial charge is 0.295 e. The van der Waals surface area contributed by atoms with E-state index in [1.54, 1.807) is 18.2 Å². The summed E-state index contributed by atoms with van der Waals surface area (Å²) in [5.41, 5.74) is 1.42. The maximum atomic E-state index is 12.7. The topological polar surface area (TPSA) is 89.9 Å². The second-order valence-corrected chi connectivity index (χ2v) is 8.66. The maximum absolute atomic E-state index is 12.7. The second kappa shape index (κ2) is 11.3. The van der Waals surface area contributed by atoms with Crippen LogP contribution in [0.1, 0.15) is 37.0 Å². The predicted molar refractivity (Wildman–Crippen MR) is 131 cm³/mol. The van der Waals surface area contributed by atoms with Crippen LogP contribution in [0.2, 0.25) is 0 Å². The van der Waals surface area contributed by atoms with Gasteiger partial charge in [0, 0.05) is 15.4 Å².